The second-order valence-corrected chi connectivity index (χ2v) is 4.53. The molecule has 0 N–H and O–H groups in total. The number of rotatable bonds is 3. The van der Waals surface area contributed by atoms with Gasteiger partial charge in [0.25, 0.3) is 0 Å². The highest BCUT2D eigenvalue weighted by atomic mass is 16.5. The molecule has 4 nitrogen and oxygen atoms in total. The van der Waals surface area contributed by atoms with E-state index in [1.165, 1.54) is 0 Å². The molecule has 1 saturated heterocycles. The average molecular weight is 249 g/mol. The lowest BCUT2D eigenvalue weighted by atomic mass is 10.1. The third-order valence-corrected chi connectivity index (χ3v) is 3.25. The van der Waals surface area contributed by atoms with Gasteiger partial charge in [-0.05, 0) is 26.0 Å². The Labute approximate surface area is 107 Å². The average Bonchev–Trinajstić information content (AvgIpc) is 2.38. The summed E-state index contributed by atoms with van der Waals surface area (Å²) in [5.74, 6) is 0.667. The fourth-order valence-electron chi connectivity index (χ4n) is 2.37. The van der Waals surface area contributed by atoms with Crippen LogP contribution in [0.1, 0.15) is 24.2 Å². The third kappa shape index (κ3) is 2.34. The first-order chi connectivity index (χ1) is 8.65. The van der Waals surface area contributed by atoms with E-state index < -0.39 is 0 Å². The molecule has 98 valence electrons. The number of benzene rings is 1. The van der Waals surface area contributed by atoms with Crippen LogP contribution >= 0.6 is 0 Å². The van der Waals surface area contributed by atoms with E-state index in [0.717, 1.165) is 12.2 Å². The van der Waals surface area contributed by atoms with Crippen LogP contribution in [0, 0.1) is 0 Å². The third-order valence-electron chi connectivity index (χ3n) is 3.25. The molecule has 0 aliphatic carbocycles. The number of carbonyl (C=O) groups excluding carboxylic acids is 1. The molecule has 1 fully saturated rings. The minimum absolute atomic E-state index is 0.0288. The van der Waals surface area contributed by atoms with Crippen molar-refractivity contribution in [3.8, 4) is 5.75 Å². The van der Waals surface area contributed by atoms with Gasteiger partial charge in [0.15, 0.2) is 5.78 Å². The van der Waals surface area contributed by atoms with Crippen LogP contribution in [0.4, 0.5) is 5.69 Å². The molecule has 0 saturated carbocycles. The first-order valence-corrected chi connectivity index (χ1v) is 6.17. The first kappa shape index (κ1) is 12.9. The Balaban J connectivity index is 2.45. The summed E-state index contributed by atoms with van der Waals surface area (Å²) in [7, 11) is 1.59. The lowest BCUT2D eigenvalue weighted by Gasteiger charge is -2.36. The van der Waals surface area contributed by atoms with Crippen molar-refractivity contribution in [2.75, 3.05) is 31.8 Å². The molecule has 0 amide bonds. The van der Waals surface area contributed by atoms with Crippen molar-refractivity contribution in [1.82, 2.24) is 0 Å². The molecule has 1 unspecified atom stereocenters. The normalized spacial score (nSPS) is 19.7. The maximum absolute atomic E-state index is 11.9. The number of hydrogen-bond donors (Lipinski definition) is 0. The smallest absolute Gasteiger partial charge is 0.165 e. The number of carbonyl (C=O) groups is 1. The molecule has 0 bridgehead atoms. The lowest BCUT2D eigenvalue weighted by Crippen LogP contribution is -2.44. The molecular formula is C14H19NO3. The molecule has 2 rings (SSSR count). The second-order valence-electron chi connectivity index (χ2n) is 4.53. The van der Waals surface area contributed by atoms with E-state index in [2.05, 4.69) is 11.8 Å². The van der Waals surface area contributed by atoms with Gasteiger partial charge in [0.1, 0.15) is 5.75 Å². The lowest BCUT2D eigenvalue weighted by molar-refractivity contribution is 0.0972. The van der Waals surface area contributed by atoms with Crippen LogP contribution in [0.15, 0.2) is 18.2 Å². The number of hydrogen-bond acceptors (Lipinski definition) is 4. The van der Waals surface area contributed by atoms with Gasteiger partial charge in [0, 0.05) is 12.6 Å². The SMILES string of the molecule is COc1cccc(N2CCOCC2C)c1C(C)=O. The van der Waals surface area contributed by atoms with Crippen molar-refractivity contribution in [2.24, 2.45) is 0 Å². The van der Waals surface area contributed by atoms with Gasteiger partial charge < -0.3 is 14.4 Å². The Kier molecular flexibility index (Phi) is 3.87. The number of methoxy groups -OCH3 is 1. The summed E-state index contributed by atoms with van der Waals surface area (Å²) in [4.78, 5) is 14.1. The maximum atomic E-state index is 11.9. The van der Waals surface area contributed by atoms with Crippen LogP contribution in [0.5, 0.6) is 5.75 Å². The Morgan fingerprint density at radius 2 is 2.28 bits per heavy atom. The van der Waals surface area contributed by atoms with Crippen LogP contribution in [0.25, 0.3) is 0 Å². The molecule has 1 aromatic rings. The van der Waals surface area contributed by atoms with Gasteiger partial charge in [-0.15, -0.1) is 0 Å². The molecular weight excluding hydrogens is 230 g/mol. The summed E-state index contributed by atoms with van der Waals surface area (Å²) < 4.78 is 10.7. The number of ether oxygens (including phenoxy) is 2. The zero-order valence-corrected chi connectivity index (χ0v) is 11.1. The Morgan fingerprint density at radius 3 is 2.89 bits per heavy atom. The molecule has 1 aromatic carbocycles. The number of morpholine rings is 1. The van der Waals surface area contributed by atoms with Gasteiger partial charge in [-0.3, -0.25) is 4.79 Å². The Morgan fingerprint density at radius 1 is 1.50 bits per heavy atom. The van der Waals surface area contributed by atoms with Crippen LogP contribution in [0.3, 0.4) is 0 Å². The Hall–Kier alpha value is -1.55. The standard InChI is InChI=1S/C14H19NO3/c1-10-9-18-8-7-15(10)12-5-4-6-13(17-3)14(12)11(2)16/h4-6,10H,7-9H2,1-3H3. The largest absolute Gasteiger partial charge is 0.496 e. The van der Waals surface area contributed by atoms with Crippen molar-refractivity contribution in [1.29, 1.82) is 0 Å². The zero-order chi connectivity index (χ0) is 13.1. The predicted octanol–water partition coefficient (Wildman–Crippen LogP) is 2.12. The number of nitrogens with zero attached hydrogens (tertiary/aromatic N) is 1. The van der Waals surface area contributed by atoms with Crippen molar-refractivity contribution in [3.63, 3.8) is 0 Å². The molecule has 0 radical (unpaired) electrons. The van der Waals surface area contributed by atoms with E-state index in [1.807, 2.05) is 18.2 Å². The summed E-state index contributed by atoms with van der Waals surface area (Å²) in [6.07, 6.45) is 0. The van der Waals surface area contributed by atoms with E-state index in [1.54, 1.807) is 14.0 Å². The summed E-state index contributed by atoms with van der Waals surface area (Å²) >= 11 is 0. The fraction of sp³-hybridized carbons (Fsp3) is 0.500. The Bertz CT molecular complexity index is 445. The molecule has 1 aliphatic rings. The van der Waals surface area contributed by atoms with Gasteiger partial charge in [-0.25, -0.2) is 0 Å². The van der Waals surface area contributed by atoms with Crippen molar-refractivity contribution in [2.45, 2.75) is 19.9 Å². The molecule has 0 spiro atoms. The van der Waals surface area contributed by atoms with Gasteiger partial charge in [0.05, 0.1) is 31.6 Å². The van der Waals surface area contributed by atoms with Crippen LogP contribution in [-0.4, -0.2) is 38.7 Å². The number of Topliss-reactive ketones (excluding diaryl/α,β-unsaturated/α-hetero) is 1. The summed E-state index contributed by atoms with van der Waals surface area (Å²) in [5.41, 5.74) is 1.60. The van der Waals surface area contributed by atoms with Crippen molar-refractivity contribution < 1.29 is 14.3 Å². The summed E-state index contributed by atoms with van der Waals surface area (Å²) in [6, 6.07) is 5.99. The summed E-state index contributed by atoms with van der Waals surface area (Å²) in [6.45, 7) is 5.86. The van der Waals surface area contributed by atoms with E-state index in [0.29, 0.717) is 24.5 Å². The molecule has 1 atom stereocenters. The molecule has 1 heterocycles. The number of ketones is 1. The van der Waals surface area contributed by atoms with Gasteiger partial charge in [-0.2, -0.15) is 0 Å². The van der Waals surface area contributed by atoms with Gasteiger partial charge >= 0.3 is 0 Å². The van der Waals surface area contributed by atoms with Crippen LogP contribution < -0.4 is 9.64 Å². The van der Waals surface area contributed by atoms with Crippen molar-refractivity contribution >= 4 is 11.5 Å². The maximum Gasteiger partial charge on any atom is 0.165 e. The highest BCUT2D eigenvalue weighted by Gasteiger charge is 2.24. The highest BCUT2D eigenvalue weighted by molar-refractivity contribution is 6.02. The number of anilines is 1. The molecule has 1 aliphatic heterocycles. The molecule has 4 heteroatoms. The quantitative estimate of drug-likeness (QED) is 0.769. The predicted molar refractivity (Wildman–Crippen MR) is 70.6 cm³/mol. The van der Waals surface area contributed by atoms with E-state index in [4.69, 9.17) is 9.47 Å². The highest BCUT2D eigenvalue weighted by Crippen LogP contribution is 2.31. The van der Waals surface area contributed by atoms with Crippen LogP contribution in [-0.2, 0) is 4.74 Å². The van der Waals surface area contributed by atoms with Gasteiger partial charge in [-0.1, -0.05) is 6.07 Å². The summed E-state index contributed by atoms with van der Waals surface area (Å²) in [5, 5.41) is 0. The zero-order valence-electron chi connectivity index (χ0n) is 11.1. The van der Waals surface area contributed by atoms with Crippen LogP contribution in [0.2, 0.25) is 0 Å². The van der Waals surface area contributed by atoms with E-state index in [-0.39, 0.29) is 11.8 Å². The van der Waals surface area contributed by atoms with E-state index >= 15 is 0 Å². The monoisotopic (exact) mass is 249 g/mol. The minimum atomic E-state index is 0.0288. The second kappa shape index (κ2) is 5.40. The topological polar surface area (TPSA) is 38.8 Å². The van der Waals surface area contributed by atoms with Gasteiger partial charge in [0.2, 0.25) is 0 Å². The fourth-order valence-corrected chi connectivity index (χ4v) is 2.37. The molecule has 0 aromatic heterocycles. The molecule has 18 heavy (non-hydrogen) atoms. The first-order valence-electron chi connectivity index (χ1n) is 6.17. The minimum Gasteiger partial charge on any atom is -0.496 e. The van der Waals surface area contributed by atoms with E-state index in [9.17, 15) is 4.79 Å². The van der Waals surface area contributed by atoms with Crippen molar-refractivity contribution in [3.05, 3.63) is 23.8 Å².